The smallest absolute Gasteiger partial charge is 0.329 e. The first-order valence-corrected chi connectivity index (χ1v) is 9.02. The molecule has 1 saturated carbocycles. The maximum absolute atomic E-state index is 13.2. The Bertz CT molecular complexity index is 605. The average Bonchev–Trinajstić information content (AvgIpc) is 3.25. The van der Waals surface area contributed by atoms with Crippen LogP contribution in [-0.4, -0.2) is 48.0 Å². The summed E-state index contributed by atoms with van der Waals surface area (Å²) in [4.78, 5) is 39.6. The summed E-state index contributed by atoms with van der Waals surface area (Å²) in [7, 11) is 1.36. The number of hydrogen-bond donors (Lipinski definition) is 0. The van der Waals surface area contributed by atoms with Crippen LogP contribution in [0, 0.1) is 23.7 Å². The molecule has 0 radical (unpaired) electrons. The van der Waals surface area contributed by atoms with Gasteiger partial charge in [0.25, 0.3) is 0 Å². The van der Waals surface area contributed by atoms with Gasteiger partial charge in [0, 0.05) is 6.54 Å². The lowest BCUT2D eigenvalue weighted by Gasteiger charge is -2.32. The van der Waals surface area contributed by atoms with Gasteiger partial charge in [-0.25, -0.2) is 4.79 Å². The summed E-state index contributed by atoms with van der Waals surface area (Å²) in [5, 5.41) is 0. The number of likely N-dealkylation sites (tertiary alicyclic amines) is 1. The van der Waals surface area contributed by atoms with Gasteiger partial charge in [-0.15, -0.1) is 0 Å². The molecule has 6 nitrogen and oxygen atoms in total. The number of amides is 1. The third-order valence-corrected chi connectivity index (χ3v) is 5.43. The summed E-state index contributed by atoms with van der Waals surface area (Å²) in [5.41, 5.74) is -0.585. The second-order valence-corrected chi connectivity index (χ2v) is 8.25. The van der Waals surface area contributed by atoms with E-state index in [9.17, 15) is 14.4 Å². The zero-order chi connectivity index (χ0) is 18.4. The van der Waals surface area contributed by atoms with Gasteiger partial charge < -0.3 is 14.4 Å². The number of carbonyl (C=O) groups is 3. The summed E-state index contributed by atoms with van der Waals surface area (Å²) in [6.07, 6.45) is 6.24. The Kier molecular flexibility index (Phi) is 4.64. The van der Waals surface area contributed by atoms with Crippen LogP contribution in [0.15, 0.2) is 12.2 Å². The summed E-state index contributed by atoms with van der Waals surface area (Å²) in [6.45, 7) is 5.99. The predicted molar refractivity (Wildman–Crippen MR) is 90.3 cm³/mol. The van der Waals surface area contributed by atoms with Crippen molar-refractivity contribution in [2.75, 3.05) is 13.7 Å². The van der Waals surface area contributed by atoms with Gasteiger partial charge in [-0.2, -0.15) is 0 Å². The standard InChI is InChI=1S/C19H27NO5/c1-19(2,3)25-17(22)13-6-5-9-20(13)16(21)14-11-7-8-12(10-11)15(14)18(23)24-4/h7-8,11-15H,5-6,9-10H2,1-4H3/t11-,12+,13+,14-,15+/m1/s1. The fourth-order valence-electron chi connectivity index (χ4n) is 4.45. The van der Waals surface area contributed by atoms with E-state index in [0.29, 0.717) is 13.0 Å². The highest BCUT2D eigenvalue weighted by Crippen LogP contribution is 2.49. The molecule has 25 heavy (non-hydrogen) atoms. The average molecular weight is 349 g/mol. The van der Waals surface area contributed by atoms with Crippen LogP contribution in [0.5, 0.6) is 0 Å². The van der Waals surface area contributed by atoms with Crippen LogP contribution >= 0.6 is 0 Å². The van der Waals surface area contributed by atoms with Crippen LogP contribution in [0.1, 0.15) is 40.0 Å². The minimum Gasteiger partial charge on any atom is -0.469 e. The molecule has 0 aromatic rings. The van der Waals surface area contributed by atoms with Crippen molar-refractivity contribution >= 4 is 17.8 Å². The van der Waals surface area contributed by atoms with Crippen LogP contribution in [-0.2, 0) is 23.9 Å². The molecule has 0 spiro atoms. The molecule has 138 valence electrons. The number of esters is 2. The van der Waals surface area contributed by atoms with Crippen LogP contribution in [0.4, 0.5) is 0 Å². The molecule has 0 aromatic heterocycles. The first-order valence-electron chi connectivity index (χ1n) is 9.02. The number of methoxy groups -OCH3 is 1. The Hall–Kier alpha value is -1.85. The van der Waals surface area contributed by atoms with E-state index >= 15 is 0 Å². The Balaban J connectivity index is 1.78. The molecule has 2 fully saturated rings. The quantitative estimate of drug-likeness (QED) is 0.575. The Morgan fingerprint density at radius 3 is 2.28 bits per heavy atom. The number of fused-ring (bicyclic) bond motifs is 2. The third kappa shape index (κ3) is 3.31. The van der Waals surface area contributed by atoms with E-state index in [2.05, 4.69) is 0 Å². The summed E-state index contributed by atoms with van der Waals surface area (Å²) < 4.78 is 10.4. The van der Waals surface area contributed by atoms with E-state index in [0.717, 1.165) is 12.8 Å². The minimum absolute atomic E-state index is 0.0569. The lowest BCUT2D eigenvalue weighted by Crippen LogP contribution is -2.48. The minimum atomic E-state index is -0.585. The molecule has 1 amide bonds. The first kappa shape index (κ1) is 18.0. The Morgan fingerprint density at radius 1 is 1.04 bits per heavy atom. The number of carbonyl (C=O) groups excluding carboxylic acids is 3. The topological polar surface area (TPSA) is 72.9 Å². The van der Waals surface area contributed by atoms with Crippen molar-refractivity contribution in [1.29, 1.82) is 0 Å². The van der Waals surface area contributed by atoms with Gasteiger partial charge in [-0.05, 0) is 51.9 Å². The van der Waals surface area contributed by atoms with Crippen molar-refractivity contribution in [3.05, 3.63) is 12.2 Å². The van der Waals surface area contributed by atoms with Gasteiger partial charge in [-0.1, -0.05) is 12.2 Å². The van der Waals surface area contributed by atoms with Gasteiger partial charge in [0.1, 0.15) is 11.6 Å². The van der Waals surface area contributed by atoms with Gasteiger partial charge in [0.2, 0.25) is 5.91 Å². The highest BCUT2D eigenvalue weighted by atomic mass is 16.6. The lowest BCUT2D eigenvalue weighted by atomic mass is 9.82. The number of rotatable bonds is 3. The largest absolute Gasteiger partial charge is 0.469 e. The number of hydrogen-bond acceptors (Lipinski definition) is 5. The summed E-state index contributed by atoms with van der Waals surface area (Å²) in [5.74, 6) is -1.54. The molecule has 3 aliphatic rings. The molecule has 5 atom stereocenters. The molecule has 2 bridgehead atoms. The number of ether oxygens (including phenoxy) is 2. The van der Waals surface area contributed by atoms with Crippen molar-refractivity contribution in [3.8, 4) is 0 Å². The van der Waals surface area contributed by atoms with Crippen LogP contribution < -0.4 is 0 Å². The van der Waals surface area contributed by atoms with Crippen LogP contribution in [0.2, 0.25) is 0 Å². The highest BCUT2D eigenvalue weighted by molar-refractivity contribution is 5.91. The molecule has 6 heteroatoms. The second-order valence-electron chi connectivity index (χ2n) is 8.25. The van der Waals surface area contributed by atoms with Crippen molar-refractivity contribution in [2.24, 2.45) is 23.7 Å². The van der Waals surface area contributed by atoms with E-state index in [1.807, 2.05) is 32.9 Å². The fraction of sp³-hybridized carbons (Fsp3) is 0.737. The van der Waals surface area contributed by atoms with Gasteiger partial charge in [0.15, 0.2) is 0 Å². The molecule has 1 aliphatic heterocycles. The molecular formula is C19H27NO5. The normalized spacial score (nSPS) is 33.6. The maximum atomic E-state index is 13.2. The lowest BCUT2D eigenvalue weighted by molar-refractivity contribution is -0.165. The van der Waals surface area contributed by atoms with E-state index in [1.54, 1.807) is 4.90 Å². The third-order valence-electron chi connectivity index (χ3n) is 5.43. The fourth-order valence-corrected chi connectivity index (χ4v) is 4.45. The molecule has 0 aromatic carbocycles. The van der Waals surface area contributed by atoms with Gasteiger partial charge in [-0.3, -0.25) is 9.59 Å². The highest BCUT2D eigenvalue weighted by Gasteiger charge is 2.54. The van der Waals surface area contributed by atoms with E-state index < -0.39 is 23.5 Å². The van der Waals surface area contributed by atoms with E-state index in [1.165, 1.54) is 7.11 Å². The molecule has 0 N–H and O–H groups in total. The Morgan fingerprint density at radius 2 is 1.68 bits per heavy atom. The monoisotopic (exact) mass is 349 g/mol. The number of nitrogens with zero attached hydrogens (tertiary/aromatic N) is 1. The van der Waals surface area contributed by atoms with Crippen molar-refractivity contribution in [3.63, 3.8) is 0 Å². The predicted octanol–water partition coefficient (Wildman–Crippen LogP) is 1.93. The van der Waals surface area contributed by atoms with Crippen molar-refractivity contribution in [2.45, 2.75) is 51.7 Å². The molecule has 2 aliphatic carbocycles. The summed E-state index contributed by atoms with van der Waals surface area (Å²) in [6, 6.07) is -0.548. The zero-order valence-electron chi connectivity index (χ0n) is 15.4. The second kappa shape index (κ2) is 6.46. The van der Waals surface area contributed by atoms with Crippen molar-refractivity contribution < 1.29 is 23.9 Å². The van der Waals surface area contributed by atoms with Crippen LogP contribution in [0.25, 0.3) is 0 Å². The molecule has 1 saturated heterocycles. The molecule has 3 rings (SSSR count). The molecular weight excluding hydrogens is 322 g/mol. The van der Waals surface area contributed by atoms with Gasteiger partial charge in [0.05, 0.1) is 18.9 Å². The molecule has 0 unspecified atom stereocenters. The SMILES string of the molecule is COC(=O)[C@@H]1[C@H](C(=O)N2CCC[C@H]2C(=O)OC(C)(C)C)[C@@H]2C=C[C@H]1C2. The molecule has 1 heterocycles. The van der Waals surface area contributed by atoms with Gasteiger partial charge >= 0.3 is 11.9 Å². The van der Waals surface area contributed by atoms with Crippen molar-refractivity contribution in [1.82, 2.24) is 4.90 Å². The first-order chi connectivity index (χ1) is 11.7. The maximum Gasteiger partial charge on any atom is 0.329 e. The van der Waals surface area contributed by atoms with E-state index in [4.69, 9.17) is 9.47 Å². The van der Waals surface area contributed by atoms with Crippen LogP contribution in [0.3, 0.4) is 0 Å². The number of allylic oxidation sites excluding steroid dienone is 2. The Labute approximate surface area is 148 Å². The zero-order valence-corrected chi connectivity index (χ0v) is 15.4. The van der Waals surface area contributed by atoms with E-state index in [-0.39, 0.29) is 29.7 Å². The summed E-state index contributed by atoms with van der Waals surface area (Å²) >= 11 is 0.